The van der Waals surface area contributed by atoms with E-state index >= 15 is 0 Å². The number of nitrogens with one attached hydrogen (secondary N) is 1. The summed E-state index contributed by atoms with van der Waals surface area (Å²) in [5, 5.41) is 11.4. The van der Waals surface area contributed by atoms with Gasteiger partial charge in [0, 0.05) is 31.0 Å². The fourth-order valence-electron chi connectivity index (χ4n) is 2.24. The van der Waals surface area contributed by atoms with Crippen molar-refractivity contribution in [1.82, 2.24) is 5.32 Å². The maximum Gasteiger partial charge on any atom is 0.303 e. The first-order valence-electron chi connectivity index (χ1n) is 7.64. The minimum Gasteiger partial charge on any atom is -0.481 e. The summed E-state index contributed by atoms with van der Waals surface area (Å²) in [6.45, 7) is 1.89. The summed E-state index contributed by atoms with van der Waals surface area (Å²) >= 11 is 0. The lowest BCUT2D eigenvalue weighted by atomic mass is 10.00. The summed E-state index contributed by atoms with van der Waals surface area (Å²) in [5.41, 5.74) is 2.94. The highest BCUT2D eigenvalue weighted by Gasteiger charge is 2.09. The maximum absolute atomic E-state index is 12.4. The van der Waals surface area contributed by atoms with E-state index in [-0.39, 0.29) is 18.1 Å². The lowest BCUT2D eigenvalue weighted by molar-refractivity contribution is -0.137. The van der Waals surface area contributed by atoms with Gasteiger partial charge in [-0.1, -0.05) is 48.5 Å². The van der Waals surface area contributed by atoms with E-state index in [1.807, 2.05) is 12.1 Å². The molecule has 5 heteroatoms. The number of aliphatic carboxylic acids is 1. The first-order valence-corrected chi connectivity index (χ1v) is 7.64. The predicted octanol–water partition coefficient (Wildman–Crippen LogP) is 2.57. The van der Waals surface area contributed by atoms with E-state index in [1.165, 1.54) is 6.92 Å². The fourth-order valence-corrected chi connectivity index (χ4v) is 2.24. The number of ketones is 1. The zero-order valence-electron chi connectivity index (χ0n) is 13.4. The lowest BCUT2D eigenvalue weighted by Crippen LogP contribution is -2.18. The molecule has 0 fully saturated rings. The van der Waals surface area contributed by atoms with E-state index in [0.29, 0.717) is 24.1 Å². The Kier molecular flexibility index (Phi) is 5.84. The number of benzene rings is 2. The summed E-state index contributed by atoms with van der Waals surface area (Å²) < 4.78 is 0. The van der Waals surface area contributed by atoms with Crippen molar-refractivity contribution >= 4 is 17.7 Å². The summed E-state index contributed by atoms with van der Waals surface area (Å²) in [7, 11) is 0. The third-order valence-corrected chi connectivity index (χ3v) is 3.60. The van der Waals surface area contributed by atoms with Gasteiger partial charge in [-0.05, 0) is 17.5 Å². The van der Waals surface area contributed by atoms with Crippen LogP contribution in [0.2, 0.25) is 0 Å². The van der Waals surface area contributed by atoms with E-state index < -0.39 is 5.97 Å². The van der Waals surface area contributed by atoms with Crippen LogP contribution in [0.5, 0.6) is 0 Å². The minimum atomic E-state index is -0.838. The monoisotopic (exact) mass is 325 g/mol. The van der Waals surface area contributed by atoms with Crippen molar-refractivity contribution in [2.24, 2.45) is 0 Å². The van der Waals surface area contributed by atoms with Crippen LogP contribution < -0.4 is 5.32 Å². The summed E-state index contributed by atoms with van der Waals surface area (Å²) in [6.07, 6.45) is 0.519. The molecule has 1 amide bonds. The minimum absolute atomic E-state index is 0.0725. The molecular weight excluding hydrogens is 306 g/mol. The molecule has 0 atom stereocenters. The molecule has 0 aliphatic heterocycles. The van der Waals surface area contributed by atoms with Gasteiger partial charge in [0.1, 0.15) is 0 Å². The standard InChI is InChI=1S/C19H19NO4/c1-13(21)20-12-15-4-9-17(10-5-15)19(24)16-7-2-14(3-8-16)6-11-18(22)23/h2-5,7-10H,6,11-12H2,1H3,(H,20,21)(H,22,23). The molecule has 0 radical (unpaired) electrons. The first-order chi connectivity index (χ1) is 11.5. The van der Waals surface area contributed by atoms with Crippen LogP contribution in [0, 0.1) is 0 Å². The Morgan fingerprint density at radius 2 is 1.38 bits per heavy atom. The van der Waals surface area contributed by atoms with Gasteiger partial charge in [-0.3, -0.25) is 14.4 Å². The van der Waals surface area contributed by atoms with Gasteiger partial charge in [0.2, 0.25) is 5.91 Å². The average molecular weight is 325 g/mol. The molecule has 2 N–H and O–H groups in total. The number of carbonyl (C=O) groups excluding carboxylic acids is 2. The van der Waals surface area contributed by atoms with Gasteiger partial charge < -0.3 is 10.4 Å². The molecule has 124 valence electrons. The highest BCUT2D eigenvalue weighted by molar-refractivity contribution is 6.09. The molecular formula is C19H19NO4. The van der Waals surface area contributed by atoms with Gasteiger partial charge in [-0.2, -0.15) is 0 Å². The second kappa shape index (κ2) is 8.06. The lowest BCUT2D eigenvalue weighted by Gasteiger charge is -2.06. The number of carboxylic acid groups (broad SMARTS) is 1. The van der Waals surface area contributed by atoms with E-state index in [2.05, 4.69) is 5.32 Å². The van der Waals surface area contributed by atoms with Crippen LogP contribution in [0.15, 0.2) is 48.5 Å². The maximum atomic E-state index is 12.4. The van der Waals surface area contributed by atoms with Gasteiger partial charge in [-0.15, -0.1) is 0 Å². The zero-order chi connectivity index (χ0) is 17.5. The Hall–Kier alpha value is -2.95. The number of carbonyl (C=O) groups is 3. The van der Waals surface area contributed by atoms with Crippen LogP contribution in [0.3, 0.4) is 0 Å². The topological polar surface area (TPSA) is 83.5 Å². The van der Waals surface area contributed by atoms with Crippen LogP contribution in [0.1, 0.15) is 40.4 Å². The molecule has 0 saturated heterocycles. The first kappa shape index (κ1) is 17.4. The van der Waals surface area contributed by atoms with Gasteiger partial charge in [0.05, 0.1) is 0 Å². The van der Waals surface area contributed by atoms with Crippen molar-refractivity contribution in [3.05, 3.63) is 70.8 Å². The van der Waals surface area contributed by atoms with Crippen LogP contribution in [-0.4, -0.2) is 22.8 Å². The quantitative estimate of drug-likeness (QED) is 0.766. The number of hydrogen-bond acceptors (Lipinski definition) is 3. The van der Waals surface area contributed by atoms with Crippen molar-refractivity contribution in [3.63, 3.8) is 0 Å². The van der Waals surface area contributed by atoms with Crippen LogP contribution in [-0.2, 0) is 22.6 Å². The van der Waals surface area contributed by atoms with Crippen LogP contribution in [0.4, 0.5) is 0 Å². The van der Waals surface area contributed by atoms with Crippen LogP contribution in [0.25, 0.3) is 0 Å². The Morgan fingerprint density at radius 3 is 1.83 bits per heavy atom. The van der Waals surface area contributed by atoms with Gasteiger partial charge in [0.15, 0.2) is 5.78 Å². The molecule has 0 unspecified atom stereocenters. The smallest absolute Gasteiger partial charge is 0.303 e. The van der Waals surface area contributed by atoms with E-state index in [1.54, 1.807) is 36.4 Å². The Balaban J connectivity index is 2.02. The normalized spacial score (nSPS) is 10.2. The number of carboxylic acids is 1. The van der Waals surface area contributed by atoms with E-state index in [4.69, 9.17) is 5.11 Å². The molecule has 2 aromatic rings. The molecule has 2 rings (SSSR count). The summed E-state index contributed by atoms with van der Waals surface area (Å²) in [5.74, 6) is -1.03. The van der Waals surface area contributed by atoms with Gasteiger partial charge in [-0.25, -0.2) is 0 Å². The molecule has 0 aromatic heterocycles. The summed E-state index contributed by atoms with van der Waals surface area (Å²) in [6, 6.07) is 14.1. The highest BCUT2D eigenvalue weighted by Crippen LogP contribution is 2.13. The molecule has 0 saturated carbocycles. The van der Waals surface area contributed by atoms with E-state index in [0.717, 1.165) is 11.1 Å². The number of hydrogen-bond donors (Lipinski definition) is 2. The Bertz CT molecular complexity index is 669. The van der Waals surface area contributed by atoms with Crippen molar-refractivity contribution in [1.29, 1.82) is 0 Å². The van der Waals surface area contributed by atoms with Crippen molar-refractivity contribution < 1.29 is 19.5 Å². The molecule has 5 nitrogen and oxygen atoms in total. The zero-order valence-corrected chi connectivity index (χ0v) is 13.4. The van der Waals surface area contributed by atoms with Crippen molar-refractivity contribution in [2.75, 3.05) is 0 Å². The second-order valence-corrected chi connectivity index (χ2v) is 5.53. The van der Waals surface area contributed by atoms with E-state index in [9.17, 15) is 14.4 Å². The Labute approximate surface area is 140 Å². The predicted molar refractivity (Wildman–Crippen MR) is 89.8 cm³/mol. The van der Waals surface area contributed by atoms with Gasteiger partial charge >= 0.3 is 5.97 Å². The number of rotatable bonds is 7. The van der Waals surface area contributed by atoms with Crippen molar-refractivity contribution in [3.8, 4) is 0 Å². The van der Waals surface area contributed by atoms with Crippen molar-refractivity contribution in [2.45, 2.75) is 26.3 Å². The molecule has 0 heterocycles. The third-order valence-electron chi connectivity index (χ3n) is 3.60. The average Bonchev–Trinajstić information content (AvgIpc) is 2.58. The summed E-state index contributed by atoms with van der Waals surface area (Å²) in [4.78, 5) is 33.9. The third kappa shape index (κ3) is 5.05. The molecule has 2 aromatic carbocycles. The SMILES string of the molecule is CC(=O)NCc1ccc(C(=O)c2ccc(CCC(=O)O)cc2)cc1. The number of amides is 1. The molecule has 0 aliphatic rings. The second-order valence-electron chi connectivity index (χ2n) is 5.53. The largest absolute Gasteiger partial charge is 0.481 e. The van der Waals surface area contributed by atoms with Gasteiger partial charge in [0.25, 0.3) is 0 Å². The van der Waals surface area contributed by atoms with Crippen LogP contribution >= 0.6 is 0 Å². The molecule has 24 heavy (non-hydrogen) atoms. The molecule has 0 aliphatic carbocycles. The highest BCUT2D eigenvalue weighted by atomic mass is 16.4. The Morgan fingerprint density at radius 1 is 0.875 bits per heavy atom. The molecule has 0 spiro atoms. The fraction of sp³-hybridized carbons (Fsp3) is 0.211. The number of aryl methyl sites for hydroxylation is 1. The molecule has 0 bridgehead atoms.